The molecule has 4 N–H and O–H groups in total. The number of aryl methyl sites for hydroxylation is 2. The minimum absolute atomic E-state index is 0.201. The number of benzene rings is 1. The summed E-state index contributed by atoms with van der Waals surface area (Å²) < 4.78 is 0. The van der Waals surface area contributed by atoms with Gasteiger partial charge in [-0.05, 0) is 37.8 Å². The molecule has 0 saturated carbocycles. The lowest BCUT2D eigenvalue weighted by molar-refractivity contribution is -0.120. The van der Waals surface area contributed by atoms with Crippen LogP contribution in [0.5, 0.6) is 0 Å². The summed E-state index contributed by atoms with van der Waals surface area (Å²) in [5.41, 5.74) is 2.32. The minimum atomic E-state index is -1.63. The molecule has 0 spiro atoms. The van der Waals surface area contributed by atoms with E-state index in [1.165, 1.54) is 0 Å². The zero-order valence-corrected chi connectivity index (χ0v) is 14.1. The average molecular weight is 320 g/mol. The summed E-state index contributed by atoms with van der Waals surface area (Å²) in [7, 11) is -1.63. The standard InChI is InChI=1S/C16H25BN2O4/c1-10(2)7-14(17(22)23)19-15(20)9-18-16(21)13-8-11(3)5-6-12(13)4/h5-6,8,10,14,22-23H,7,9H2,1-4H3,(H,18,21)(H,19,20)/t14-/m0/s1. The molecule has 0 heterocycles. The van der Waals surface area contributed by atoms with E-state index in [1.54, 1.807) is 6.07 Å². The van der Waals surface area contributed by atoms with Crippen LogP contribution in [-0.4, -0.2) is 41.5 Å². The van der Waals surface area contributed by atoms with Crippen LogP contribution in [0.2, 0.25) is 0 Å². The van der Waals surface area contributed by atoms with Crippen LogP contribution in [0, 0.1) is 19.8 Å². The molecular weight excluding hydrogens is 295 g/mol. The van der Waals surface area contributed by atoms with E-state index in [-0.39, 0.29) is 18.4 Å². The van der Waals surface area contributed by atoms with Crippen molar-refractivity contribution < 1.29 is 19.6 Å². The van der Waals surface area contributed by atoms with Crippen molar-refractivity contribution in [1.82, 2.24) is 10.6 Å². The van der Waals surface area contributed by atoms with Gasteiger partial charge in [0, 0.05) is 5.56 Å². The minimum Gasteiger partial charge on any atom is -0.426 e. The first-order valence-electron chi connectivity index (χ1n) is 7.71. The normalized spacial score (nSPS) is 12.0. The van der Waals surface area contributed by atoms with Crippen molar-refractivity contribution in [2.24, 2.45) is 5.92 Å². The first-order valence-corrected chi connectivity index (χ1v) is 7.71. The topological polar surface area (TPSA) is 98.7 Å². The molecule has 0 bridgehead atoms. The zero-order chi connectivity index (χ0) is 17.6. The maximum absolute atomic E-state index is 12.1. The zero-order valence-electron chi connectivity index (χ0n) is 14.1. The molecule has 2 amide bonds. The number of carbonyl (C=O) groups is 2. The Balaban J connectivity index is 2.58. The molecule has 0 aromatic heterocycles. The molecule has 0 radical (unpaired) electrons. The van der Waals surface area contributed by atoms with Crippen molar-refractivity contribution in [3.63, 3.8) is 0 Å². The number of carbonyl (C=O) groups excluding carboxylic acids is 2. The molecule has 23 heavy (non-hydrogen) atoms. The highest BCUT2D eigenvalue weighted by Gasteiger charge is 2.26. The number of hydrogen-bond acceptors (Lipinski definition) is 4. The average Bonchev–Trinajstić information content (AvgIpc) is 2.46. The lowest BCUT2D eigenvalue weighted by Crippen LogP contribution is -2.50. The summed E-state index contributed by atoms with van der Waals surface area (Å²) >= 11 is 0. The summed E-state index contributed by atoms with van der Waals surface area (Å²) in [5, 5.41) is 23.6. The van der Waals surface area contributed by atoms with E-state index in [4.69, 9.17) is 0 Å². The van der Waals surface area contributed by atoms with Gasteiger partial charge in [-0.1, -0.05) is 31.5 Å². The van der Waals surface area contributed by atoms with Crippen LogP contribution >= 0.6 is 0 Å². The van der Waals surface area contributed by atoms with E-state index < -0.39 is 19.0 Å². The van der Waals surface area contributed by atoms with Crippen LogP contribution in [0.25, 0.3) is 0 Å². The highest BCUT2D eigenvalue weighted by molar-refractivity contribution is 6.43. The van der Waals surface area contributed by atoms with Gasteiger partial charge in [-0.15, -0.1) is 0 Å². The van der Waals surface area contributed by atoms with Crippen molar-refractivity contribution in [3.8, 4) is 0 Å². The fourth-order valence-electron chi connectivity index (χ4n) is 2.26. The summed E-state index contributed by atoms with van der Waals surface area (Å²) in [4.78, 5) is 24.0. The quantitative estimate of drug-likeness (QED) is 0.552. The molecule has 0 fully saturated rings. The third-order valence-corrected chi connectivity index (χ3v) is 3.48. The van der Waals surface area contributed by atoms with Gasteiger partial charge in [-0.2, -0.15) is 0 Å². The lowest BCUT2D eigenvalue weighted by atomic mass is 9.75. The predicted octanol–water partition coefficient (Wildman–Crippen LogP) is 0.576. The maximum atomic E-state index is 12.1. The molecule has 7 heteroatoms. The summed E-state index contributed by atoms with van der Waals surface area (Å²) in [6, 6.07) is 5.53. The Labute approximate surface area is 137 Å². The number of nitrogens with one attached hydrogen (secondary N) is 2. The van der Waals surface area contributed by atoms with E-state index in [0.717, 1.165) is 11.1 Å². The monoisotopic (exact) mass is 320 g/mol. The van der Waals surface area contributed by atoms with Gasteiger partial charge < -0.3 is 20.7 Å². The molecule has 1 aromatic carbocycles. The smallest absolute Gasteiger partial charge is 0.426 e. The van der Waals surface area contributed by atoms with Gasteiger partial charge in [0.25, 0.3) is 5.91 Å². The van der Waals surface area contributed by atoms with Gasteiger partial charge in [0.2, 0.25) is 5.91 Å². The van der Waals surface area contributed by atoms with Crippen molar-refractivity contribution >= 4 is 18.9 Å². The predicted molar refractivity (Wildman–Crippen MR) is 89.8 cm³/mol. The summed E-state index contributed by atoms with van der Waals surface area (Å²) in [6.07, 6.45) is 0.439. The summed E-state index contributed by atoms with van der Waals surface area (Å²) in [5.74, 6) is -1.33. The number of rotatable bonds is 7. The Morgan fingerprint density at radius 3 is 2.43 bits per heavy atom. The van der Waals surface area contributed by atoms with Gasteiger partial charge in [0.15, 0.2) is 0 Å². The molecule has 0 aliphatic heterocycles. The van der Waals surface area contributed by atoms with E-state index in [9.17, 15) is 19.6 Å². The van der Waals surface area contributed by atoms with E-state index in [1.807, 2.05) is 39.8 Å². The first-order chi connectivity index (χ1) is 10.7. The molecule has 126 valence electrons. The molecule has 1 rings (SSSR count). The lowest BCUT2D eigenvalue weighted by Gasteiger charge is -2.19. The van der Waals surface area contributed by atoms with Crippen LogP contribution in [0.1, 0.15) is 41.8 Å². The Bertz CT molecular complexity index is 561. The fourth-order valence-corrected chi connectivity index (χ4v) is 2.26. The van der Waals surface area contributed by atoms with Gasteiger partial charge in [0.1, 0.15) is 0 Å². The third-order valence-electron chi connectivity index (χ3n) is 3.48. The largest absolute Gasteiger partial charge is 0.475 e. The highest BCUT2D eigenvalue weighted by atomic mass is 16.4. The molecule has 6 nitrogen and oxygen atoms in total. The fraction of sp³-hybridized carbons (Fsp3) is 0.500. The number of hydrogen-bond donors (Lipinski definition) is 4. The Morgan fingerprint density at radius 2 is 1.87 bits per heavy atom. The summed E-state index contributed by atoms with van der Waals surface area (Å²) in [6.45, 7) is 7.35. The van der Waals surface area contributed by atoms with E-state index >= 15 is 0 Å². The van der Waals surface area contributed by atoms with E-state index in [0.29, 0.717) is 12.0 Å². The van der Waals surface area contributed by atoms with Crippen LogP contribution in [0.3, 0.4) is 0 Å². The van der Waals surface area contributed by atoms with Crippen molar-refractivity contribution in [2.45, 2.75) is 40.1 Å². The first kappa shape index (κ1) is 19.2. The second kappa shape index (κ2) is 8.69. The molecule has 0 aliphatic carbocycles. The SMILES string of the molecule is Cc1ccc(C)c(C(=O)NCC(=O)N[C@@H](CC(C)C)B(O)O)c1. The third kappa shape index (κ3) is 6.42. The van der Waals surface area contributed by atoms with Crippen LogP contribution < -0.4 is 10.6 Å². The second-order valence-electron chi connectivity index (χ2n) is 6.22. The number of amides is 2. The van der Waals surface area contributed by atoms with Crippen LogP contribution in [0.15, 0.2) is 18.2 Å². The molecule has 1 atom stereocenters. The molecule has 0 unspecified atom stereocenters. The Kier molecular flexibility index (Phi) is 7.25. The Morgan fingerprint density at radius 1 is 1.22 bits per heavy atom. The van der Waals surface area contributed by atoms with Gasteiger partial charge in [0.05, 0.1) is 12.5 Å². The van der Waals surface area contributed by atoms with Gasteiger partial charge >= 0.3 is 7.12 Å². The van der Waals surface area contributed by atoms with Gasteiger partial charge in [-0.3, -0.25) is 9.59 Å². The maximum Gasteiger partial charge on any atom is 0.475 e. The van der Waals surface area contributed by atoms with Crippen molar-refractivity contribution in [2.75, 3.05) is 6.54 Å². The second-order valence-corrected chi connectivity index (χ2v) is 6.22. The van der Waals surface area contributed by atoms with Crippen LogP contribution in [0.4, 0.5) is 0 Å². The molecule has 0 aliphatic rings. The highest BCUT2D eigenvalue weighted by Crippen LogP contribution is 2.10. The molecule has 0 saturated heterocycles. The van der Waals surface area contributed by atoms with Crippen LogP contribution in [-0.2, 0) is 4.79 Å². The molecule has 1 aromatic rings. The van der Waals surface area contributed by atoms with E-state index in [2.05, 4.69) is 10.6 Å². The van der Waals surface area contributed by atoms with Crippen molar-refractivity contribution in [1.29, 1.82) is 0 Å². The van der Waals surface area contributed by atoms with Gasteiger partial charge in [-0.25, -0.2) is 0 Å². The van der Waals surface area contributed by atoms with Crippen molar-refractivity contribution in [3.05, 3.63) is 34.9 Å². The molecular formula is C16H25BN2O4. The Hall–Kier alpha value is -1.86.